The molecule has 0 atom stereocenters. The molecule has 2 aromatic carbocycles. The van der Waals surface area contributed by atoms with E-state index in [4.69, 9.17) is 9.47 Å². The third-order valence-corrected chi connectivity index (χ3v) is 3.81. The van der Waals surface area contributed by atoms with E-state index >= 15 is 0 Å². The molecule has 3 rings (SSSR count). The molecule has 0 saturated heterocycles. The van der Waals surface area contributed by atoms with E-state index in [1.165, 1.54) is 18.2 Å². The molecule has 6 nitrogen and oxygen atoms in total. The van der Waals surface area contributed by atoms with Gasteiger partial charge < -0.3 is 20.1 Å². The van der Waals surface area contributed by atoms with Crippen LogP contribution in [0.1, 0.15) is 15.9 Å². The van der Waals surface area contributed by atoms with Gasteiger partial charge in [-0.25, -0.2) is 4.39 Å². The molecule has 2 aromatic rings. The first-order valence-corrected chi connectivity index (χ1v) is 8.28. The summed E-state index contributed by atoms with van der Waals surface area (Å²) in [6.45, 7) is 0.326. The van der Waals surface area contributed by atoms with Crippen molar-refractivity contribution in [2.75, 3.05) is 23.8 Å². The topological polar surface area (TPSA) is 76.7 Å². The molecule has 0 fully saturated rings. The molecule has 152 valence electrons. The van der Waals surface area contributed by atoms with Crippen molar-refractivity contribution in [1.82, 2.24) is 0 Å². The molecule has 0 radical (unpaired) electrons. The molecule has 0 bridgehead atoms. The molecule has 0 aromatic heterocycles. The summed E-state index contributed by atoms with van der Waals surface area (Å²) in [5.74, 6) is -2.42. The highest BCUT2D eigenvalue weighted by Crippen LogP contribution is 2.37. The van der Waals surface area contributed by atoms with E-state index in [0.29, 0.717) is 6.07 Å². The van der Waals surface area contributed by atoms with Gasteiger partial charge in [-0.15, -0.1) is 0 Å². The highest BCUT2D eigenvalue weighted by molar-refractivity contribution is 6.05. The van der Waals surface area contributed by atoms with Gasteiger partial charge in [-0.2, -0.15) is 13.2 Å². The van der Waals surface area contributed by atoms with Crippen molar-refractivity contribution >= 4 is 23.2 Å². The Morgan fingerprint density at radius 2 is 1.66 bits per heavy atom. The number of hydrogen-bond acceptors (Lipinski definition) is 4. The summed E-state index contributed by atoms with van der Waals surface area (Å²) in [4.78, 5) is 24.2. The molecule has 0 aliphatic carbocycles. The molecule has 10 heteroatoms. The summed E-state index contributed by atoms with van der Waals surface area (Å²) in [6, 6.07) is 7.39. The normalized spacial score (nSPS) is 13.6. The molecular weight excluding hydrogens is 396 g/mol. The summed E-state index contributed by atoms with van der Waals surface area (Å²) in [7, 11) is 0. The highest BCUT2D eigenvalue weighted by Gasteiger charge is 2.35. The summed E-state index contributed by atoms with van der Waals surface area (Å²) < 4.78 is 63.2. The van der Waals surface area contributed by atoms with E-state index in [0.717, 1.165) is 24.5 Å². The molecule has 1 heterocycles. The third kappa shape index (κ3) is 5.03. The van der Waals surface area contributed by atoms with E-state index < -0.39 is 35.1 Å². The largest absolute Gasteiger partial charge is 0.494 e. The Labute approximate surface area is 162 Å². The van der Waals surface area contributed by atoms with Crippen LogP contribution in [0.2, 0.25) is 0 Å². The SMILES string of the molecule is O=C(Nc1ccc(NC(=O)c2ccc(F)cc2)cc1C(F)(F)F)C1=COCCO1. The van der Waals surface area contributed by atoms with Gasteiger partial charge in [-0.3, -0.25) is 9.59 Å². The number of anilines is 2. The molecule has 1 aliphatic heterocycles. The quantitative estimate of drug-likeness (QED) is 0.749. The number of ether oxygens (including phenoxy) is 2. The minimum absolute atomic E-state index is 0.0683. The number of rotatable bonds is 4. The average Bonchev–Trinajstić information content (AvgIpc) is 2.69. The van der Waals surface area contributed by atoms with Gasteiger partial charge in [0.15, 0.2) is 0 Å². The Bertz CT molecular complexity index is 956. The average molecular weight is 410 g/mol. The molecule has 2 N–H and O–H groups in total. The zero-order valence-electron chi connectivity index (χ0n) is 14.7. The molecule has 0 saturated carbocycles. The second-order valence-corrected chi connectivity index (χ2v) is 5.87. The molecule has 0 spiro atoms. The van der Waals surface area contributed by atoms with Crippen molar-refractivity contribution in [3.8, 4) is 0 Å². The summed E-state index contributed by atoms with van der Waals surface area (Å²) in [5, 5.41) is 4.42. The summed E-state index contributed by atoms with van der Waals surface area (Å²) in [5.41, 5.74) is -1.77. The maximum Gasteiger partial charge on any atom is 0.418 e. The van der Waals surface area contributed by atoms with Gasteiger partial charge in [0.25, 0.3) is 11.8 Å². The number of carbonyl (C=O) groups is 2. The first-order chi connectivity index (χ1) is 13.7. The van der Waals surface area contributed by atoms with Crippen molar-refractivity contribution in [3.63, 3.8) is 0 Å². The van der Waals surface area contributed by atoms with Crippen LogP contribution in [0.3, 0.4) is 0 Å². The number of nitrogens with one attached hydrogen (secondary N) is 2. The zero-order chi connectivity index (χ0) is 21.0. The van der Waals surface area contributed by atoms with Crippen molar-refractivity contribution < 1.29 is 36.6 Å². The van der Waals surface area contributed by atoms with Crippen LogP contribution in [0.4, 0.5) is 28.9 Å². The highest BCUT2D eigenvalue weighted by atomic mass is 19.4. The van der Waals surface area contributed by atoms with E-state index in [1.807, 2.05) is 0 Å². The van der Waals surface area contributed by atoms with Crippen molar-refractivity contribution in [2.24, 2.45) is 0 Å². The van der Waals surface area contributed by atoms with Gasteiger partial charge in [0.1, 0.15) is 25.3 Å². The lowest BCUT2D eigenvalue weighted by Gasteiger charge is -2.18. The number of halogens is 4. The number of carbonyl (C=O) groups excluding carboxylic acids is 2. The predicted octanol–water partition coefficient (Wildman–Crippen LogP) is 3.92. The minimum atomic E-state index is -4.81. The monoisotopic (exact) mass is 410 g/mol. The molecular formula is C19H14F4N2O4. The van der Waals surface area contributed by atoms with Crippen molar-refractivity contribution in [2.45, 2.75) is 6.18 Å². The van der Waals surface area contributed by atoms with Crippen LogP contribution in [0, 0.1) is 5.82 Å². The van der Waals surface area contributed by atoms with Gasteiger partial charge in [0.2, 0.25) is 5.76 Å². The molecule has 1 aliphatic rings. The summed E-state index contributed by atoms with van der Waals surface area (Å²) >= 11 is 0. The van der Waals surface area contributed by atoms with Crippen LogP contribution in [0.25, 0.3) is 0 Å². The van der Waals surface area contributed by atoms with Gasteiger partial charge >= 0.3 is 6.18 Å². The van der Waals surface area contributed by atoms with Gasteiger partial charge in [0.05, 0.1) is 11.3 Å². The van der Waals surface area contributed by atoms with E-state index in [2.05, 4.69) is 10.6 Å². The Morgan fingerprint density at radius 3 is 2.28 bits per heavy atom. The maximum absolute atomic E-state index is 13.4. The standard InChI is InChI=1S/C19H14F4N2O4/c20-12-3-1-11(2-4-12)17(26)24-13-5-6-15(14(9-13)19(21,22)23)25-18(27)16-10-28-7-8-29-16/h1-6,9-10H,7-8H2,(H,24,26)(H,25,27). The van der Waals surface area contributed by atoms with Crippen LogP contribution in [-0.2, 0) is 20.4 Å². The van der Waals surface area contributed by atoms with Gasteiger partial charge in [-0.05, 0) is 42.5 Å². The first kappa shape index (κ1) is 20.2. The lowest BCUT2D eigenvalue weighted by molar-refractivity contribution is -0.136. The number of alkyl halides is 3. The Kier molecular flexibility index (Phi) is 5.71. The van der Waals surface area contributed by atoms with Crippen LogP contribution in [-0.4, -0.2) is 25.0 Å². The second kappa shape index (κ2) is 8.21. The van der Waals surface area contributed by atoms with Crippen LogP contribution in [0.5, 0.6) is 0 Å². The van der Waals surface area contributed by atoms with E-state index in [-0.39, 0.29) is 30.2 Å². The Balaban J connectivity index is 1.82. The first-order valence-electron chi connectivity index (χ1n) is 8.28. The number of hydrogen-bond donors (Lipinski definition) is 2. The smallest absolute Gasteiger partial charge is 0.418 e. The fraction of sp³-hybridized carbons (Fsp3) is 0.158. The van der Waals surface area contributed by atoms with E-state index in [1.54, 1.807) is 0 Å². The Morgan fingerprint density at radius 1 is 0.931 bits per heavy atom. The van der Waals surface area contributed by atoms with Gasteiger partial charge in [0, 0.05) is 11.3 Å². The Hall–Kier alpha value is -3.56. The van der Waals surface area contributed by atoms with Crippen LogP contribution >= 0.6 is 0 Å². The van der Waals surface area contributed by atoms with Crippen LogP contribution < -0.4 is 10.6 Å². The minimum Gasteiger partial charge on any atom is -0.494 e. The van der Waals surface area contributed by atoms with Crippen LogP contribution in [0.15, 0.2) is 54.5 Å². The number of amides is 2. The molecule has 0 unspecified atom stereocenters. The molecule has 29 heavy (non-hydrogen) atoms. The van der Waals surface area contributed by atoms with Crippen molar-refractivity contribution in [3.05, 3.63) is 71.4 Å². The fourth-order valence-electron chi connectivity index (χ4n) is 2.44. The number of benzene rings is 2. The predicted molar refractivity (Wildman–Crippen MR) is 94.4 cm³/mol. The lowest BCUT2D eigenvalue weighted by atomic mass is 10.1. The third-order valence-electron chi connectivity index (χ3n) is 3.81. The lowest BCUT2D eigenvalue weighted by Crippen LogP contribution is -2.23. The zero-order valence-corrected chi connectivity index (χ0v) is 14.7. The van der Waals surface area contributed by atoms with E-state index in [9.17, 15) is 27.2 Å². The second-order valence-electron chi connectivity index (χ2n) is 5.87. The van der Waals surface area contributed by atoms with Gasteiger partial charge in [-0.1, -0.05) is 0 Å². The fourth-order valence-corrected chi connectivity index (χ4v) is 2.44. The summed E-state index contributed by atoms with van der Waals surface area (Å²) in [6.07, 6.45) is -3.79. The van der Waals surface area contributed by atoms with Crippen molar-refractivity contribution in [1.29, 1.82) is 0 Å². The maximum atomic E-state index is 13.4. The molecule has 2 amide bonds.